The predicted molar refractivity (Wildman–Crippen MR) is 58.5 cm³/mol. The first kappa shape index (κ1) is 12.1. The lowest BCUT2D eigenvalue weighted by atomic mass is 10.0. The van der Waals surface area contributed by atoms with Crippen molar-refractivity contribution in [2.75, 3.05) is 11.5 Å². The van der Waals surface area contributed by atoms with Crippen LogP contribution in [0.1, 0.15) is 30.3 Å². The molecule has 1 fully saturated rings. The molecule has 0 saturated carbocycles. The lowest BCUT2D eigenvalue weighted by Gasteiger charge is -2.18. The highest BCUT2D eigenvalue weighted by molar-refractivity contribution is 7.91. The van der Waals surface area contributed by atoms with Crippen molar-refractivity contribution in [1.82, 2.24) is 4.98 Å². The van der Waals surface area contributed by atoms with E-state index in [2.05, 4.69) is 4.98 Å². The highest BCUT2D eigenvalue weighted by Crippen LogP contribution is 2.28. The van der Waals surface area contributed by atoms with E-state index in [1.165, 1.54) is 6.26 Å². The van der Waals surface area contributed by atoms with Gasteiger partial charge in [0.25, 0.3) is 0 Å². The van der Waals surface area contributed by atoms with Crippen LogP contribution in [0.4, 0.5) is 0 Å². The molecule has 0 atom stereocenters. The largest absolute Gasteiger partial charge is 0.481 e. The van der Waals surface area contributed by atoms with E-state index in [-0.39, 0.29) is 23.8 Å². The Kier molecular flexibility index (Phi) is 3.19. The molecular formula is C10H13NO5S. The highest BCUT2D eigenvalue weighted by Gasteiger charge is 2.27. The van der Waals surface area contributed by atoms with Gasteiger partial charge in [0.05, 0.1) is 23.6 Å². The van der Waals surface area contributed by atoms with E-state index in [1.54, 1.807) is 0 Å². The molecule has 2 heterocycles. The summed E-state index contributed by atoms with van der Waals surface area (Å²) in [6, 6.07) is 0. The molecule has 6 nitrogen and oxygen atoms in total. The quantitative estimate of drug-likeness (QED) is 0.853. The van der Waals surface area contributed by atoms with Gasteiger partial charge in [-0.15, -0.1) is 0 Å². The van der Waals surface area contributed by atoms with Crippen LogP contribution in [-0.2, 0) is 21.1 Å². The Hall–Kier alpha value is -1.37. The Balaban J connectivity index is 2.04. The van der Waals surface area contributed by atoms with E-state index in [1.807, 2.05) is 0 Å². The number of aromatic nitrogens is 1. The van der Waals surface area contributed by atoms with Crippen molar-refractivity contribution >= 4 is 15.8 Å². The van der Waals surface area contributed by atoms with Gasteiger partial charge in [-0.3, -0.25) is 4.79 Å². The van der Waals surface area contributed by atoms with Crippen LogP contribution in [0.2, 0.25) is 0 Å². The van der Waals surface area contributed by atoms with Crippen LogP contribution in [0.15, 0.2) is 10.7 Å². The highest BCUT2D eigenvalue weighted by atomic mass is 32.2. The van der Waals surface area contributed by atoms with Crippen molar-refractivity contribution in [1.29, 1.82) is 0 Å². The smallest absolute Gasteiger partial charge is 0.309 e. The molecule has 1 aromatic rings. The van der Waals surface area contributed by atoms with E-state index in [9.17, 15) is 13.2 Å². The zero-order valence-electron chi connectivity index (χ0n) is 9.13. The van der Waals surface area contributed by atoms with Crippen LogP contribution in [-0.4, -0.2) is 36.0 Å². The molecule has 0 bridgehead atoms. The third-order valence-corrected chi connectivity index (χ3v) is 4.52. The Bertz CT molecular complexity index is 505. The maximum Gasteiger partial charge on any atom is 0.309 e. The topological polar surface area (TPSA) is 97.5 Å². The molecule has 0 aliphatic carbocycles. The molecule has 0 aromatic carbocycles. The zero-order valence-corrected chi connectivity index (χ0v) is 9.94. The normalized spacial score (nSPS) is 20.2. The van der Waals surface area contributed by atoms with Crippen LogP contribution in [0.25, 0.3) is 0 Å². The van der Waals surface area contributed by atoms with Crippen LogP contribution in [0, 0.1) is 0 Å². The zero-order chi connectivity index (χ0) is 12.5. The Morgan fingerprint density at radius 1 is 1.47 bits per heavy atom. The number of nitrogens with zero attached hydrogens (tertiary/aromatic N) is 1. The van der Waals surface area contributed by atoms with E-state index in [0.717, 1.165) is 0 Å². The second kappa shape index (κ2) is 4.48. The summed E-state index contributed by atoms with van der Waals surface area (Å²) in [7, 11) is -2.90. The first-order chi connectivity index (χ1) is 7.96. The first-order valence-corrected chi connectivity index (χ1v) is 7.15. The van der Waals surface area contributed by atoms with Gasteiger partial charge in [-0.25, -0.2) is 13.4 Å². The third kappa shape index (κ3) is 3.06. The number of hydrogen-bond acceptors (Lipinski definition) is 5. The summed E-state index contributed by atoms with van der Waals surface area (Å²) in [5.41, 5.74) is 0.376. The van der Waals surface area contributed by atoms with Gasteiger partial charge in [0, 0.05) is 5.92 Å². The summed E-state index contributed by atoms with van der Waals surface area (Å²) in [4.78, 5) is 14.6. The minimum atomic E-state index is -2.90. The Morgan fingerprint density at radius 3 is 2.71 bits per heavy atom. The van der Waals surface area contributed by atoms with Crippen molar-refractivity contribution in [3.8, 4) is 0 Å². The molecule has 1 aromatic heterocycles. The average molecular weight is 259 g/mol. The van der Waals surface area contributed by atoms with Gasteiger partial charge >= 0.3 is 5.97 Å². The van der Waals surface area contributed by atoms with Crippen molar-refractivity contribution in [3.05, 3.63) is 17.8 Å². The summed E-state index contributed by atoms with van der Waals surface area (Å²) in [6.45, 7) is 0. The standard InChI is InChI=1S/C10H13NO5S/c12-9(13)5-8-6-16-10(11-8)7-1-3-17(14,15)4-2-7/h6-7H,1-5H2,(H,12,13). The molecule has 0 radical (unpaired) electrons. The molecule has 0 amide bonds. The number of hydrogen-bond donors (Lipinski definition) is 1. The van der Waals surface area contributed by atoms with Crippen LogP contribution in [0.5, 0.6) is 0 Å². The molecule has 1 aliphatic rings. The van der Waals surface area contributed by atoms with Gasteiger partial charge in [-0.05, 0) is 12.8 Å². The molecular weight excluding hydrogens is 246 g/mol. The van der Waals surface area contributed by atoms with Gasteiger partial charge in [0.2, 0.25) is 0 Å². The maximum atomic E-state index is 11.2. The van der Waals surface area contributed by atoms with Crippen molar-refractivity contribution in [2.45, 2.75) is 25.2 Å². The summed E-state index contributed by atoms with van der Waals surface area (Å²) in [5.74, 6) is -0.226. The Morgan fingerprint density at radius 2 is 2.12 bits per heavy atom. The van der Waals surface area contributed by atoms with Gasteiger partial charge in [-0.1, -0.05) is 0 Å². The second-order valence-electron chi connectivity index (χ2n) is 4.17. The van der Waals surface area contributed by atoms with Crippen molar-refractivity contribution in [3.63, 3.8) is 0 Å². The molecule has 1 saturated heterocycles. The summed E-state index contributed by atoms with van der Waals surface area (Å²) < 4.78 is 27.7. The van der Waals surface area contributed by atoms with Crippen molar-refractivity contribution in [2.24, 2.45) is 0 Å². The van der Waals surface area contributed by atoms with Crippen LogP contribution < -0.4 is 0 Å². The number of oxazole rings is 1. The minimum Gasteiger partial charge on any atom is -0.481 e. The molecule has 17 heavy (non-hydrogen) atoms. The fraction of sp³-hybridized carbons (Fsp3) is 0.600. The number of carboxylic acid groups (broad SMARTS) is 1. The molecule has 1 N–H and O–H groups in total. The van der Waals surface area contributed by atoms with Crippen LogP contribution >= 0.6 is 0 Å². The molecule has 94 valence electrons. The lowest BCUT2D eigenvalue weighted by molar-refractivity contribution is -0.136. The summed E-state index contributed by atoms with van der Waals surface area (Å²) in [6.07, 6.45) is 2.14. The summed E-state index contributed by atoms with van der Waals surface area (Å²) >= 11 is 0. The first-order valence-electron chi connectivity index (χ1n) is 5.33. The van der Waals surface area contributed by atoms with Gasteiger partial charge in [-0.2, -0.15) is 0 Å². The number of rotatable bonds is 3. The fourth-order valence-corrected chi connectivity index (χ4v) is 3.37. The van der Waals surface area contributed by atoms with Gasteiger partial charge < -0.3 is 9.52 Å². The number of sulfone groups is 1. The Labute approximate surface area is 98.6 Å². The molecule has 1 aliphatic heterocycles. The SMILES string of the molecule is O=C(O)Cc1coc(C2CCS(=O)(=O)CC2)n1. The van der Waals surface area contributed by atoms with Gasteiger partial charge in [0.1, 0.15) is 16.1 Å². The van der Waals surface area contributed by atoms with Crippen molar-refractivity contribution < 1.29 is 22.7 Å². The second-order valence-corrected chi connectivity index (χ2v) is 6.48. The molecule has 7 heteroatoms. The molecule has 2 rings (SSSR count). The number of carboxylic acids is 1. The van der Waals surface area contributed by atoms with E-state index < -0.39 is 15.8 Å². The predicted octanol–water partition coefficient (Wildman–Crippen LogP) is 0.594. The number of carbonyl (C=O) groups is 1. The van der Waals surface area contributed by atoms with Gasteiger partial charge in [0.15, 0.2) is 5.89 Å². The molecule has 0 spiro atoms. The minimum absolute atomic E-state index is 0.0129. The maximum absolute atomic E-state index is 11.2. The van der Waals surface area contributed by atoms with E-state index in [4.69, 9.17) is 9.52 Å². The number of aliphatic carboxylic acids is 1. The monoisotopic (exact) mass is 259 g/mol. The van der Waals surface area contributed by atoms with Crippen LogP contribution in [0.3, 0.4) is 0 Å². The van der Waals surface area contributed by atoms with E-state index >= 15 is 0 Å². The third-order valence-electron chi connectivity index (χ3n) is 2.81. The average Bonchev–Trinajstić information content (AvgIpc) is 2.65. The lowest BCUT2D eigenvalue weighted by Crippen LogP contribution is -2.22. The molecule has 0 unspecified atom stereocenters. The summed E-state index contributed by atoms with van der Waals surface area (Å²) in [5, 5.41) is 8.59. The fourth-order valence-electron chi connectivity index (χ4n) is 1.88. The van der Waals surface area contributed by atoms with E-state index in [0.29, 0.717) is 24.4 Å².